The highest BCUT2D eigenvalue weighted by Gasteiger charge is 2.24. The number of nitrogens with zero attached hydrogens (tertiary/aromatic N) is 1. The van der Waals surface area contributed by atoms with Gasteiger partial charge in [-0.05, 0) is 58.7 Å². The lowest BCUT2D eigenvalue weighted by molar-refractivity contribution is -0.385. The quantitative estimate of drug-likeness (QED) is 0.657. The van der Waals surface area contributed by atoms with Gasteiger partial charge in [-0.3, -0.25) is 10.1 Å². The van der Waals surface area contributed by atoms with E-state index in [9.17, 15) is 10.1 Å². The molecule has 0 radical (unpaired) electrons. The Morgan fingerprint density at radius 3 is 2.75 bits per heavy atom. The van der Waals surface area contributed by atoms with Crippen LogP contribution in [0.1, 0.15) is 38.7 Å². The first-order chi connectivity index (χ1) is 9.47. The van der Waals surface area contributed by atoms with Gasteiger partial charge in [0.2, 0.25) is 0 Å². The Kier molecular flexibility index (Phi) is 5.16. The van der Waals surface area contributed by atoms with Crippen LogP contribution in [0.25, 0.3) is 0 Å². The summed E-state index contributed by atoms with van der Waals surface area (Å²) in [5.74, 6) is 1.56. The van der Waals surface area contributed by atoms with Gasteiger partial charge in [0.1, 0.15) is 0 Å². The zero-order valence-electron chi connectivity index (χ0n) is 11.9. The van der Waals surface area contributed by atoms with Crippen LogP contribution in [-0.4, -0.2) is 11.0 Å². The summed E-state index contributed by atoms with van der Waals surface area (Å²) in [5.41, 5.74) is 1.10. The summed E-state index contributed by atoms with van der Waals surface area (Å²) in [5, 5.41) is 14.5. The first-order valence-electron chi connectivity index (χ1n) is 7.13. The molecule has 0 aliphatic heterocycles. The van der Waals surface area contributed by atoms with Gasteiger partial charge in [-0.1, -0.05) is 19.9 Å². The number of nitrogens with one attached hydrogen (secondary N) is 1. The van der Waals surface area contributed by atoms with Gasteiger partial charge in [0.25, 0.3) is 5.69 Å². The minimum atomic E-state index is -0.349. The summed E-state index contributed by atoms with van der Waals surface area (Å²) in [6, 6.07) is 5.86. The van der Waals surface area contributed by atoms with Crippen molar-refractivity contribution in [3.8, 4) is 0 Å². The Bertz CT molecular complexity index is 493. The molecule has 0 spiro atoms. The molecule has 0 heterocycles. The molecule has 1 aliphatic rings. The molecule has 1 aliphatic carbocycles. The molecule has 2 rings (SSSR count). The lowest BCUT2D eigenvalue weighted by Gasteiger charge is -2.32. The molecule has 0 saturated heterocycles. The normalized spacial score (nSPS) is 26.4. The Hall–Kier alpha value is -0.940. The van der Waals surface area contributed by atoms with Crippen molar-refractivity contribution in [1.29, 1.82) is 0 Å². The maximum absolute atomic E-state index is 10.9. The van der Waals surface area contributed by atoms with Gasteiger partial charge in [-0.2, -0.15) is 0 Å². The van der Waals surface area contributed by atoms with E-state index in [-0.39, 0.29) is 10.6 Å². The van der Waals surface area contributed by atoms with Crippen LogP contribution in [0.2, 0.25) is 0 Å². The highest BCUT2D eigenvalue weighted by atomic mass is 79.9. The van der Waals surface area contributed by atoms with Crippen LogP contribution in [0, 0.1) is 22.0 Å². The van der Waals surface area contributed by atoms with Crippen molar-refractivity contribution in [2.24, 2.45) is 11.8 Å². The molecule has 0 amide bonds. The van der Waals surface area contributed by atoms with E-state index in [1.165, 1.54) is 19.3 Å². The standard InChI is InChI=1S/C15H21BrN2O2/c1-10-3-5-13(7-11(10)2)17-9-12-4-6-14(16)15(8-12)18(19)20/h4,6,8,10-11,13,17H,3,5,7,9H2,1-2H3. The van der Waals surface area contributed by atoms with Crippen LogP contribution in [0.4, 0.5) is 5.69 Å². The smallest absolute Gasteiger partial charge is 0.283 e. The SMILES string of the molecule is CC1CCC(NCc2ccc(Br)c([N+](=O)[O-])c2)CC1C. The third-order valence-electron chi connectivity index (χ3n) is 4.40. The third kappa shape index (κ3) is 3.79. The Morgan fingerprint density at radius 2 is 2.10 bits per heavy atom. The van der Waals surface area contributed by atoms with Gasteiger partial charge in [-0.15, -0.1) is 0 Å². The number of nitro groups is 1. The second kappa shape index (κ2) is 6.68. The highest BCUT2D eigenvalue weighted by Crippen LogP contribution is 2.30. The minimum Gasteiger partial charge on any atom is -0.310 e. The van der Waals surface area contributed by atoms with Crippen LogP contribution in [0.5, 0.6) is 0 Å². The molecule has 110 valence electrons. The van der Waals surface area contributed by atoms with E-state index in [1.807, 2.05) is 6.07 Å². The van der Waals surface area contributed by atoms with E-state index in [1.54, 1.807) is 12.1 Å². The summed E-state index contributed by atoms with van der Waals surface area (Å²) in [7, 11) is 0. The maximum Gasteiger partial charge on any atom is 0.283 e. The topological polar surface area (TPSA) is 55.2 Å². The highest BCUT2D eigenvalue weighted by molar-refractivity contribution is 9.10. The van der Waals surface area contributed by atoms with Crippen molar-refractivity contribution in [1.82, 2.24) is 5.32 Å². The zero-order valence-corrected chi connectivity index (χ0v) is 13.5. The van der Waals surface area contributed by atoms with Crippen LogP contribution >= 0.6 is 15.9 Å². The number of nitro benzene ring substituents is 1. The van der Waals surface area contributed by atoms with Gasteiger partial charge in [0.05, 0.1) is 9.40 Å². The fourth-order valence-electron chi connectivity index (χ4n) is 2.80. The van der Waals surface area contributed by atoms with Crippen LogP contribution in [-0.2, 0) is 6.54 Å². The Balaban J connectivity index is 1.94. The molecule has 0 aromatic heterocycles. The summed E-state index contributed by atoms with van der Waals surface area (Å²) < 4.78 is 0.534. The largest absolute Gasteiger partial charge is 0.310 e. The summed E-state index contributed by atoms with van der Waals surface area (Å²) in [6.07, 6.45) is 3.66. The Morgan fingerprint density at radius 1 is 1.35 bits per heavy atom. The average Bonchev–Trinajstić information content (AvgIpc) is 2.41. The number of rotatable bonds is 4. The summed E-state index contributed by atoms with van der Waals surface area (Å²) in [6.45, 7) is 5.32. The second-order valence-corrected chi connectivity index (χ2v) is 6.74. The van der Waals surface area contributed by atoms with Crippen LogP contribution in [0.3, 0.4) is 0 Å². The van der Waals surface area contributed by atoms with Crippen LogP contribution < -0.4 is 5.32 Å². The molecule has 0 bridgehead atoms. The fourth-order valence-corrected chi connectivity index (χ4v) is 3.19. The minimum absolute atomic E-state index is 0.134. The second-order valence-electron chi connectivity index (χ2n) is 5.89. The summed E-state index contributed by atoms with van der Waals surface area (Å²) in [4.78, 5) is 10.6. The molecule has 5 heteroatoms. The van der Waals surface area contributed by atoms with Crippen LogP contribution in [0.15, 0.2) is 22.7 Å². The van der Waals surface area contributed by atoms with Crippen molar-refractivity contribution >= 4 is 21.6 Å². The molecular weight excluding hydrogens is 320 g/mol. The van der Waals surface area contributed by atoms with Crippen molar-refractivity contribution in [2.45, 2.75) is 45.7 Å². The van der Waals surface area contributed by atoms with Gasteiger partial charge in [-0.25, -0.2) is 0 Å². The molecular formula is C15H21BrN2O2. The number of hydrogen-bond donors (Lipinski definition) is 1. The Labute approximate surface area is 128 Å². The van der Waals surface area contributed by atoms with Crippen molar-refractivity contribution in [3.63, 3.8) is 0 Å². The third-order valence-corrected chi connectivity index (χ3v) is 5.07. The predicted octanol–water partition coefficient (Wildman–Crippen LogP) is 4.27. The first-order valence-corrected chi connectivity index (χ1v) is 7.93. The molecule has 1 aromatic carbocycles. The predicted molar refractivity (Wildman–Crippen MR) is 83.6 cm³/mol. The molecule has 3 unspecified atom stereocenters. The van der Waals surface area contributed by atoms with E-state index >= 15 is 0 Å². The van der Waals surface area contributed by atoms with E-state index in [4.69, 9.17) is 0 Å². The molecule has 3 atom stereocenters. The molecule has 1 aromatic rings. The van der Waals surface area contributed by atoms with Gasteiger partial charge < -0.3 is 5.32 Å². The van der Waals surface area contributed by atoms with Crippen molar-refractivity contribution in [2.75, 3.05) is 0 Å². The fraction of sp³-hybridized carbons (Fsp3) is 0.600. The number of hydrogen-bond acceptors (Lipinski definition) is 3. The summed E-state index contributed by atoms with van der Waals surface area (Å²) >= 11 is 3.21. The van der Waals surface area contributed by atoms with E-state index in [0.29, 0.717) is 17.1 Å². The van der Waals surface area contributed by atoms with E-state index < -0.39 is 0 Å². The van der Waals surface area contributed by atoms with Gasteiger partial charge in [0.15, 0.2) is 0 Å². The maximum atomic E-state index is 10.9. The van der Waals surface area contributed by atoms with E-state index in [0.717, 1.165) is 17.4 Å². The average molecular weight is 341 g/mol. The lowest BCUT2D eigenvalue weighted by atomic mass is 9.79. The number of benzene rings is 1. The van der Waals surface area contributed by atoms with Gasteiger partial charge in [0, 0.05) is 18.7 Å². The molecule has 20 heavy (non-hydrogen) atoms. The molecule has 1 fully saturated rings. The lowest BCUT2D eigenvalue weighted by Crippen LogP contribution is -2.35. The molecule has 1 N–H and O–H groups in total. The first kappa shape index (κ1) is 15.4. The zero-order chi connectivity index (χ0) is 14.7. The molecule has 4 nitrogen and oxygen atoms in total. The van der Waals surface area contributed by atoms with Gasteiger partial charge >= 0.3 is 0 Å². The van der Waals surface area contributed by atoms with Crippen molar-refractivity contribution in [3.05, 3.63) is 38.3 Å². The van der Waals surface area contributed by atoms with E-state index in [2.05, 4.69) is 35.1 Å². The monoisotopic (exact) mass is 340 g/mol. The molecule has 1 saturated carbocycles. The van der Waals surface area contributed by atoms with Crippen molar-refractivity contribution < 1.29 is 4.92 Å². The number of halogens is 1.